The van der Waals surface area contributed by atoms with Crippen LogP contribution in [-0.4, -0.2) is 9.55 Å². The monoisotopic (exact) mass is 137 g/mol. The molecule has 0 saturated carbocycles. The van der Waals surface area contributed by atoms with Crippen LogP contribution in [-0.2, 0) is 13.0 Å². The largest absolute Gasteiger partial charge is 0.335 e. The van der Waals surface area contributed by atoms with Crippen LogP contribution < -0.4 is 0 Å². The first-order chi connectivity index (χ1) is 4.88. The van der Waals surface area contributed by atoms with E-state index in [1.807, 2.05) is 12.4 Å². The summed E-state index contributed by atoms with van der Waals surface area (Å²) in [6.07, 6.45) is 5.79. The van der Waals surface area contributed by atoms with Gasteiger partial charge < -0.3 is 4.57 Å². The molecule has 0 aromatic carbocycles. The predicted molar refractivity (Wildman–Crippen MR) is 41.6 cm³/mol. The molecule has 2 heteroatoms. The molecule has 1 aromatic heterocycles. The zero-order valence-corrected chi connectivity index (χ0v) is 6.38. The van der Waals surface area contributed by atoms with E-state index in [9.17, 15) is 0 Å². The van der Waals surface area contributed by atoms with Crippen LogP contribution >= 0.6 is 0 Å². The Labute approximate surface area is 61.9 Å². The molecule has 0 aliphatic rings. The fraction of sp³-hybridized carbons (Fsp3) is 0.500. The lowest BCUT2D eigenvalue weighted by Crippen LogP contribution is -2.00. The third-order valence-electron chi connectivity index (χ3n) is 1.52. The first kappa shape index (κ1) is 7.32. The van der Waals surface area contributed by atoms with E-state index in [0.29, 0.717) is 0 Å². The van der Waals surface area contributed by atoms with E-state index < -0.39 is 0 Å². The van der Waals surface area contributed by atoms with Crippen molar-refractivity contribution in [1.29, 1.82) is 0 Å². The van der Waals surface area contributed by atoms with Gasteiger partial charge in [-0.05, 0) is 6.42 Å². The average molecular weight is 137 g/mol. The highest BCUT2D eigenvalue weighted by Gasteiger charge is 1.96. The lowest BCUT2D eigenvalue weighted by atomic mass is 10.4. The molecule has 1 heterocycles. The zero-order valence-electron chi connectivity index (χ0n) is 6.38. The molecule has 0 unspecified atom stereocenters. The molecule has 10 heavy (non-hydrogen) atoms. The van der Waals surface area contributed by atoms with Gasteiger partial charge in [-0.25, -0.2) is 4.98 Å². The van der Waals surface area contributed by atoms with Gasteiger partial charge in [-0.1, -0.05) is 13.8 Å². The van der Waals surface area contributed by atoms with Crippen LogP contribution in [0.2, 0.25) is 0 Å². The summed E-state index contributed by atoms with van der Waals surface area (Å²) >= 11 is 0. The fourth-order valence-electron chi connectivity index (χ4n) is 1.03. The highest BCUT2D eigenvalue weighted by molar-refractivity contribution is 4.91. The number of aryl methyl sites for hydroxylation is 2. The molecule has 1 radical (unpaired) electrons. The number of hydrogen-bond donors (Lipinski definition) is 0. The van der Waals surface area contributed by atoms with Gasteiger partial charge in [0.25, 0.3) is 0 Å². The lowest BCUT2D eigenvalue weighted by molar-refractivity contribution is 0.665. The number of hydrogen-bond acceptors (Lipinski definition) is 1. The van der Waals surface area contributed by atoms with Crippen molar-refractivity contribution >= 4 is 0 Å². The summed E-state index contributed by atoms with van der Waals surface area (Å²) in [4.78, 5) is 4.19. The maximum absolute atomic E-state index is 4.19. The second-order valence-corrected chi connectivity index (χ2v) is 2.24. The van der Waals surface area contributed by atoms with Crippen LogP contribution in [0.5, 0.6) is 0 Å². The number of nitrogens with zero attached hydrogens (tertiary/aromatic N) is 2. The quantitative estimate of drug-likeness (QED) is 0.619. The van der Waals surface area contributed by atoms with Crippen LogP contribution in [0.25, 0.3) is 0 Å². The lowest BCUT2D eigenvalue weighted by Gasteiger charge is -2.01. The van der Waals surface area contributed by atoms with Crippen molar-refractivity contribution < 1.29 is 0 Å². The third-order valence-corrected chi connectivity index (χ3v) is 1.52. The van der Waals surface area contributed by atoms with Gasteiger partial charge >= 0.3 is 0 Å². The minimum absolute atomic E-state index is 0.934. The van der Waals surface area contributed by atoms with Crippen molar-refractivity contribution in [1.82, 2.24) is 9.55 Å². The Morgan fingerprint density at radius 2 is 2.50 bits per heavy atom. The number of aromatic nitrogens is 2. The molecule has 1 aromatic rings. The molecule has 0 atom stereocenters. The molecule has 0 fully saturated rings. The van der Waals surface area contributed by atoms with Crippen molar-refractivity contribution in [3.8, 4) is 0 Å². The van der Waals surface area contributed by atoms with Gasteiger partial charge in [0.1, 0.15) is 5.82 Å². The zero-order chi connectivity index (χ0) is 7.40. The van der Waals surface area contributed by atoms with E-state index in [4.69, 9.17) is 0 Å². The minimum atomic E-state index is 0.934. The fourth-order valence-corrected chi connectivity index (χ4v) is 1.03. The summed E-state index contributed by atoms with van der Waals surface area (Å²) in [6, 6.07) is 0. The highest BCUT2D eigenvalue weighted by atomic mass is 15.0. The highest BCUT2D eigenvalue weighted by Crippen LogP contribution is 1.98. The van der Waals surface area contributed by atoms with Crippen LogP contribution in [0, 0.1) is 6.92 Å². The maximum atomic E-state index is 4.19. The van der Waals surface area contributed by atoms with Crippen LogP contribution in [0.15, 0.2) is 12.4 Å². The Morgan fingerprint density at radius 3 is 3.10 bits per heavy atom. The molecule has 0 saturated heterocycles. The average Bonchev–Trinajstić information content (AvgIpc) is 2.36. The van der Waals surface area contributed by atoms with Gasteiger partial charge in [0, 0.05) is 25.4 Å². The van der Waals surface area contributed by atoms with Crippen LogP contribution in [0.1, 0.15) is 19.2 Å². The van der Waals surface area contributed by atoms with Crippen LogP contribution in [0.3, 0.4) is 0 Å². The maximum Gasteiger partial charge on any atom is 0.108 e. The van der Waals surface area contributed by atoms with E-state index in [-0.39, 0.29) is 0 Å². The first-order valence-electron chi connectivity index (χ1n) is 3.67. The molecule has 0 aliphatic carbocycles. The molecule has 0 bridgehead atoms. The SMILES string of the molecule is [CH2]CCn1ccnc1CC. The standard InChI is InChI=1S/C8H13N2/c1-3-6-10-7-5-9-8(10)4-2/h5,7H,1,3-4,6H2,2H3. The second-order valence-electron chi connectivity index (χ2n) is 2.24. The van der Waals surface area contributed by atoms with Gasteiger partial charge in [-0.3, -0.25) is 0 Å². The number of rotatable bonds is 3. The summed E-state index contributed by atoms with van der Waals surface area (Å²) in [6.45, 7) is 6.89. The normalized spacial score (nSPS) is 10.2. The summed E-state index contributed by atoms with van der Waals surface area (Å²) in [5.41, 5.74) is 0. The van der Waals surface area contributed by atoms with E-state index in [2.05, 4.69) is 23.4 Å². The number of imidazole rings is 1. The summed E-state index contributed by atoms with van der Waals surface area (Å²) in [5.74, 6) is 1.16. The molecule has 0 amide bonds. The van der Waals surface area contributed by atoms with Gasteiger partial charge in [0.05, 0.1) is 0 Å². The predicted octanol–water partition coefficient (Wildman–Crippen LogP) is 1.67. The van der Waals surface area contributed by atoms with E-state index in [1.165, 1.54) is 0 Å². The van der Waals surface area contributed by atoms with Gasteiger partial charge in [0.2, 0.25) is 0 Å². The third kappa shape index (κ3) is 1.38. The molecule has 55 valence electrons. The van der Waals surface area contributed by atoms with Crippen molar-refractivity contribution in [2.24, 2.45) is 0 Å². The van der Waals surface area contributed by atoms with Crippen LogP contribution in [0.4, 0.5) is 0 Å². The van der Waals surface area contributed by atoms with E-state index in [0.717, 1.165) is 25.2 Å². The molecule has 1 rings (SSSR count). The van der Waals surface area contributed by atoms with E-state index in [1.54, 1.807) is 0 Å². The van der Waals surface area contributed by atoms with E-state index >= 15 is 0 Å². The van der Waals surface area contributed by atoms with Gasteiger partial charge in [-0.15, -0.1) is 0 Å². The smallest absolute Gasteiger partial charge is 0.108 e. The Kier molecular flexibility index (Phi) is 2.49. The summed E-state index contributed by atoms with van der Waals surface area (Å²) in [7, 11) is 0. The summed E-state index contributed by atoms with van der Waals surface area (Å²) < 4.78 is 2.15. The first-order valence-corrected chi connectivity index (χ1v) is 3.67. The molecule has 0 N–H and O–H groups in total. The Hall–Kier alpha value is -0.790. The molecule has 0 spiro atoms. The second kappa shape index (κ2) is 3.40. The Morgan fingerprint density at radius 1 is 1.70 bits per heavy atom. The Bertz CT molecular complexity index is 191. The molecule has 2 nitrogen and oxygen atoms in total. The molecule has 0 aliphatic heterocycles. The van der Waals surface area contributed by atoms with Crippen molar-refractivity contribution in [2.75, 3.05) is 0 Å². The van der Waals surface area contributed by atoms with Gasteiger partial charge in [-0.2, -0.15) is 0 Å². The van der Waals surface area contributed by atoms with Crippen molar-refractivity contribution in [3.63, 3.8) is 0 Å². The summed E-state index contributed by atoms with van der Waals surface area (Å²) in [5, 5.41) is 0. The molecular weight excluding hydrogens is 124 g/mol. The Balaban J connectivity index is 2.70. The van der Waals surface area contributed by atoms with Crippen molar-refractivity contribution in [2.45, 2.75) is 26.3 Å². The van der Waals surface area contributed by atoms with Gasteiger partial charge in [0.15, 0.2) is 0 Å². The minimum Gasteiger partial charge on any atom is -0.335 e. The van der Waals surface area contributed by atoms with Crippen molar-refractivity contribution in [3.05, 3.63) is 25.1 Å². The topological polar surface area (TPSA) is 17.8 Å². The molecular formula is C8H13N2.